The molecule has 1 N–H and O–H groups in total. The van der Waals surface area contributed by atoms with Gasteiger partial charge in [0.25, 0.3) is 0 Å². The fourth-order valence-electron chi connectivity index (χ4n) is 4.00. The van der Waals surface area contributed by atoms with Gasteiger partial charge < -0.3 is 0 Å². The Kier molecular flexibility index (Phi) is 3.17. The van der Waals surface area contributed by atoms with Gasteiger partial charge >= 0.3 is 0 Å². The number of nitrogens with zero attached hydrogens (tertiary/aromatic N) is 2. The molecule has 0 aliphatic heterocycles. The minimum Gasteiger partial charge on any atom is -0.278 e. The summed E-state index contributed by atoms with van der Waals surface area (Å²) in [6.45, 7) is 0. The number of pyridine rings is 1. The van der Waals surface area contributed by atoms with Crippen LogP contribution in [0, 0.1) is 5.82 Å². The lowest BCUT2D eigenvalue weighted by atomic mass is 9.84. The van der Waals surface area contributed by atoms with Crippen LogP contribution in [-0.4, -0.2) is 23.0 Å². The molecule has 0 amide bonds. The second-order valence-corrected chi connectivity index (χ2v) is 6.62. The second kappa shape index (κ2) is 5.41. The molecule has 2 aromatic carbocycles. The van der Waals surface area contributed by atoms with E-state index < -0.39 is 0 Å². The number of hydrogen-bond donors (Lipinski definition) is 1. The first-order valence-electron chi connectivity index (χ1n) is 8.56. The smallest absolute Gasteiger partial charge is 0.125 e. The molecule has 3 nitrogen and oxygen atoms in total. The number of benzene rings is 2. The zero-order valence-corrected chi connectivity index (χ0v) is 13.6. The van der Waals surface area contributed by atoms with Crippen LogP contribution in [0.15, 0.2) is 36.5 Å². The van der Waals surface area contributed by atoms with E-state index in [4.69, 9.17) is 12.8 Å². The summed E-state index contributed by atoms with van der Waals surface area (Å²) in [6, 6.07) is 9.10. The molecule has 0 saturated carbocycles. The van der Waals surface area contributed by atoms with Gasteiger partial charge in [-0.05, 0) is 55.0 Å². The molecule has 5 heteroatoms. The van der Waals surface area contributed by atoms with Crippen LogP contribution in [-0.2, 0) is 12.8 Å². The van der Waals surface area contributed by atoms with Gasteiger partial charge in [-0.1, -0.05) is 17.6 Å². The number of aromatic amines is 1. The minimum atomic E-state index is -0.383. The van der Waals surface area contributed by atoms with Crippen LogP contribution in [0.1, 0.15) is 24.0 Å². The Labute approximate surface area is 145 Å². The third-order valence-electron chi connectivity index (χ3n) is 5.17. The molecule has 5 rings (SSSR count). The Morgan fingerprint density at radius 3 is 2.76 bits per heavy atom. The van der Waals surface area contributed by atoms with Gasteiger partial charge in [0.15, 0.2) is 0 Å². The SMILES string of the molecule is [B]c1cccc(-c2nc3ccc4[nH]ncc4c3c3c2CCCC3)c1F. The van der Waals surface area contributed by atoms with Crippen molar-refractivity contribution in [1.82, 2.24) is 15.2 Å². The largest absolute Gasteiger partial charge is 0.278 e. The average Bonchev–Trinajstić information content (AvgIpc) is 3.12. The first-order chi connectivity index (χ1) is 12.2. The maximum Gasteiger partial charge on any atom is 0.125 e. The number of aromatic nitrogens is 3. The molecule has 0 fully saturated rings. The standard InChI is InChI=1S/C20H15BFN3/c21-15-7-3-6-13(19(15)22)20-12-5-2-1-4-11(12)18-14-10-23-25-16(14)8-9-17(18)24-20/h3,6-10H,1-2,4-5H2,(H,23,25). The Balaban J connectivity index is 1.92. The van der Waals surface area contributed by atoms with Gasteiger partial charge in [0.1, 0.15) is 13.7 Å². The lowest BCUT2D eigenvalue weighted by Gasteiger charge is -2.22. The molecule has 0 atom stereocenters. The fraction of sp³-hybridized carbons (Fsp3) is 0.200. The predicted octanol–water partition coefficient (Wildman–Crippen LogP) is 3.59. The molecule has 2 heterocycles. The molecule has 25 heavy (non-hydrogen) atoms. The molecule has 1 aliphatic carbocycles. The van der Waals surface area contributed by atoms with Crippen molar-refractivity contribution in [1.29, 1.82) is 0 Å². The maximum absolute atomic E-state index is 14.7. The molecule has 0 bridgehead atoms. The normalized spacial score (nSPS) is 14.1. The highest BCUT2D eigenvalue weighted by Crippen LogP contribution is 2.38. The Morgan fingerprint density at radius 2 is 1.88 bits per heavy atom. The number of aryl methyl sites for hydroxylation is 1. The van der Waals surface area contributed by atoms with Crippen LogP contribution in [0.5, 0.6) is 0 Å². The minimum absolute atomic E-state index is 0.161. The van der Waals surface area contributed by atoms with E-state index >= 15 is 0 Å². The summed E-state index contributed by atoms with van der Waals surface area (Å²) in [5, 5.41) is 9.44. The predicted molar refractivity (Wildman–Crippen MR) is 98.8 cm³/mol. The number of fused-ring (bicyclic) bond motifs is 5. The van der Waals surface area contributed by atoms with Crippen molar-refractivity contribution in [2.24, 2.45) is 0 Å². The summed E-state index contributed by atoms with van der Waals surface area (Å²) >= 11 is 0. The molecule has 0 spiro atoms. The van der Waals surface area contributed by atoms with Crippen molar-refractivity contribution in [2.75, 3.05) is 0 Å². The third kappa shape index (κ3) is 2.12. The molecular formula is C20H15BFN3. The summed E-state index contributed by atoms with van der Waals surface area (Å²) in [6.07, 6.45) is 5.98. The number of H-pyrrole nitrogens is 1. The Hall–Kier alpha value is -2.69. The molecule has 2 radical (unpaired) electrons. The summed E-state index contributed by atoms with van der Waals surface area (Å²) < 4.78 is 14.7. The molecule has 0 saturated heterocycles. The summed E-state index contributed by atoms with van der Waals surface area (Å²) in [5.74, 6) is -0.383. The highest BCUT2D eigenvalue weighted by atomic mass is 19.1. The lowest BCUT2D eigenvalue weighted by molar-refractivity contribution is 0.637. The molecule has 1 aliphatic rings. The summed E-state index contributed by atoms with van der Waals surface area (Å²) in [7, 11) is 5.79. The van der Waals surface area contributed by atoms with E-state index in [2.05, 4.69) is 10.2 Å². The lowest BCUT2D eigenvalue weighted by Crippen LogP contribution is -2.12. The quantitative estimate of drug-likeness (QED) is 0.543. The summed E-state index contributed by atoms with van der Waals surface area (Å²) in [4.78, 5) is 4.85. The molecule has 2 aromatic heterocycles. The van der Waals surface area contributed by atoms with Crippen molar-refractivity contribution in [3.8, 4) is 11.3 Å². The second-order valence-electron chi connectivity index (χ2n) is 6.62. The first kappa shape index (κ1) is 14.6. The van der Waals surface area contributed by atoms with Gasteiger partial charge in [0.05, 0.1) is 22.9 Å². The van der Waals surface area contributed by atoms with Gasteiger partial charge in [-0.3, -0.25) is 5.10 Å². The number of nitrogens with one attached hydrogen (secondary N) is 1. The summed E-state index contributed by atoms with van der Waals surface area (Å²) in [5.41, 5.74) is 5.70. The van der Waals surface area contributed by atoms with Crippen molar-refractivity contribution < 1.29 is 4.39 Å². The number of halogens is 1. The van der Waals surface area contributed by atoms with E-state index in [1.165, 1.54) is 5.56 Å². The average molecular weight is 327 g/mol. The van der Waals surface area contributed by atoms with Crippen molar-refractivity contribution >= 4 is 35.1 Å². The molecule has 4 aromatic rings. The van der Waals surface area contributed by atoms with Crippen LogP contribution in [0.4, 0.5) is 4.39 Å². The number of rotatable bonds is 1. The van der Waals surface area contributed by atoms with Crippen LogP contribution < -0.4 is 5.46 Å². The first-order valence-corrected chi connectivity index (χ1v) is 8.56. The van der Waals surface area contributed by atoms with Crippen molar-refractivity contribution in [2.45, 2.75) is 25.7 Å². The monoisotopic (exact) mass is 327 g/mol. The van der Waals surface area contributed by atoms with Gasteiger partial charge in [0, 0.05) is 16.3 Å². The zero-order valence-electron chi connectivity index (χ0n) is 13.6. The van der Waals surface area contributed by atoms with E-state index in [1.807, 2.05) is 18.3 Å². The van der Waals surface area contributed by atoms with Crippen LogP contribution in [0.2, 0.25) is 0 Å². The Morgan fingerprint density at radius 1 is 1.04 bits per heavy atom. The maximum atomic E-state index is 14.7. The van der Waals surface area contributed by atoms with Gasteiger partial charge in [-0.15, -0.1) is 0 Å². The topological polar surface area (TPSA) is 41.6 Å². The highest BCUT2D eigenvalue weighted by Gasteiger charge is 2.22. The molecule has 0 unspecified atom stereocenters. The van der Waals surface area contributed by atoms with E-state index in [-0.39, 0.29) is 11.3 Å². The van der Waals surface area contributed by atoms with Gasteiger partial charge in [-0.2, -0.15) is 5.10 Å². The zero-order chi connectivity index (χ0) is 17.0. The van der Waals surface area contributed by atoms with E-state index in [0.29, 0.717) is 5.56 Å². The highest BCUT2D eigenvalue weighted by molar-refractivity contribution is 6.32. The van der Waals surface area contributed by atoms with Crippen LogP contribution in [0.25, 0.3) is 33.1 Å². The van der Waals surface area contributed by atoms with E-state index in [1.54, 1.807) is 18.2 Å². The molecule has 120 valence electrons. The Bertz CT molecular complexity index is 1130. The van der Waals surface area contributed by atoms with E-state index in [9.17, 15) is 4.39 Å². The van der Waals surface area contributed by atoms with E-state index in [0.717, 1.165) is 58.7 Å². The third-order valence-corrected chi connectivity index (χ3v) is 5.17. The molecular weight excluding hydrogens is 312 g/mol. The van der Waals surface area contributed by atoms with Crippen molar-refractivity contribution in [3.63, 3.8) is 0 Å². The number of hydrogen-bond acceptors (Lipinski definition) is 2. The van der Waals surface area contributed by atoms with Gasteiger partial charge in [-0.25, -0.2) is 9.37 Å². The van der Waals surface area contributed by atoms with Gasteiger partial charge in [0.2, 0.25) is 0 Å². The van der Waals surface area contributed by atoms with Crippen molar-refractivity contribution in [3.05, 3.63) is 53.5 Å². The van der Waals surface area contributed by atoms with Crippen LogP contribution in [0.3, 0.4) is 0 Å². The fourth-order valence-corrected chi connectivity index (χ4v) is 4.00. The van der Waals surface area contributed by atoms with Crippen LogP contribution >= 0.6 is 0 Å².